The van der Waals surface area contributed by atoms with Gasteiger partial charge in [-0.1, -0.05) is 17.3 Å². The first-order valence-electron chi connectivity index (χ1n) is 5.47. The molecule has 0 amide bonds. The van der Waals surface area contributed by atoms with Crippen LogP contribution in [0.1, 0.15) is 16.2 Å². The normalized spacial score (nSPS) is 11.2. The molecule has 0 aliphatic heterocycles. The number of aromatic nitrogens is 2. The van der Waals surface area contributed by atoms with Crippen molar-refractivity contribution in [2.45, 2.75) is 11.4 Å². The first kappa shape index (κ1) is 14.2. The van der Waals surface area contributed by atoms with E-state index in [1.807, 2.05) is 0 Å². The van der Waals surface area contributed by atoms with E-state index in [0.29, 0.717) is 0 Å². The molecule has 1 aromatic heterocycles. The van der Waals surface area contributed by atoms with Gasteiger partial charge in [0.05, 0.1) is 24.1 Å². The van der Waals surface area contributed by atoms with Crippen LogP contribution in [0, 0.1) is 0 Å². The van der Waals surface area contributed by atoms with Gasteiger partial charge in [0.15, 0.2) is 5.82 Å². The largest absolute Gasteiger partial charge is 0.465 e. The molecule has 0 bridgehead atoms. The topological polar surface area (TPSA) is 111 Å². The second-order valence-electron chi connectivity index (χ2n) is 3.66. The van der Waals surface area contributed by atoms with Crippen LogP contribution in [0.2, 0.25) is 0 Å². The maximum atomic E-state index is 12.2. The third kappa shape index (κ3) is 3.00. The average Bonchev–Trinajstić information content (AvgIpc) is 2.98. The lowest BCUT2D eigenvalue weighted by atomic mass is 10.2. The minimum absolute atomic E-state index is 0.0457. The van der Waals surface area contributed by atoms with Gasteiger partial charge in [-0.05, 0) is 12.1 Å². The van der Waals surface area contributed by atoms with Crippen LogP contribution in [-0.4, -0.2) is 31.6 Å². The Morgan fingerprint density at radius 2 is 2.15 bits per heavy atom. The van der Waals surface area contributed by atoms with Crippen molar-refractivity contribution in [3.8, 4) is 0 Å². The number of carbonyl (C=O) groups is 1. The molecular formula is C11H11N3O5S. The number of benzene rings is 1. The van der Waals surface area contributed by atoms with Gasteiger partial charge in [-0.3, -0.25) is 0 Å². The van der Waals surface area contributed by atoms with Crippen molar-refractivity contribution >= 4 is 16.0 Å². The minimum atomic E-state index is -3.89. The van der Waals surface area contributed by atoms with Crippen molar-refractivity contribution in [3.63, 3.8) is 0 Å². The highest BCUT2D eigenvalue weighted by Gasteiger charge is 2.22. The van der Waals surface area contributed by atoms with E-state index in [1.54, 1.807) is 6.07 Å². The monoisotopic (exact) mass is 297 g/mol. The standard InChI is InChI=1S/C11H11N3O5S/c1-18-11(15)8-4-2-3-5-9(8)20(16,17)13-6-10-12-7-19-14-10/h2-5,7,13H,6H2,1H3. The summed E-state index contributed by atoms with van der Waals surface area (Å²) in [5.41, 5.74) is -0.0457. The van der Waals surface area contributed by atoms with Crippen molar-refractivity contribution < 1.29 is 22.5 Å². The Kier molecular flexibility index (Phi) is 4.11. The van der Waals surface area contributed by atoms with Gasteiger partial charge in [0.25, 0.3) is 0 Å². The van der Waals surface area contributed by atoms with E-state index in [0.717, 1.165) is 6.39 Å². The lowest BCUT2D eigenvalue weighted by molar-refractivity contribution is 0.0596. The second-order valence-corrected chi connectivity index (χ2v) is 5.40. The van der Waals surface area contributed by atoms with Crippen LogP contribution in [0.4, 0.5) is 0 Å². The molecule has 106 valence electrons. The van der Waals surface area contributed by atoms with Gasteiger partial charge in [0.2, 0.25) is 16.4 Å². The van der Waals surface area contributed by atoms with E-state index in [2.05, 4.69) is 24.1 Å². The van der Waals surface area contributed by atoms with Crippen LogP contribution >= 0.6 is 0 Å². The van der Waals surface area contributed by atoms with E-state index >= 15 is 0 Å². The van der Waals surface area contributed by atoms with Gasteiger partial charge < -0.3 is 9.26 Å². The first-order valence-corrected chi connectivity index (χ1v) is 6.95. The molecule has 8 nitrogen and oxygen atoms in total. The van der Waals surface area contributed by atoms with Crippen LogP contribution in [0.25, 0.3) is 0 Å². The molecule has 2 aromatic rings. The SMILES string of the molecule is COC(=O)c1ccccc1S(=O)(=O)NCc1ncon1. The molecule has 0 radical (unpaired) electrons. The maximum Gasteiger partial charge on any atom is 0.339 e. The zero-order chi connectivity index (χ0) is 14.6. The molecule has 1 aromatic carbocycles. The highest BCUT2D eigenvalue weighted by molar-refractivity contribution is 7.89. The third-order valence-corrected chi connectivity index (χ3v) is 3.87. The van der Waals surface area contributed by atoms with Crippen molar-refractivity contribution in [3.05, 3.63) is 42.0 Å². The average molecular weight is 297 g/mol. The smallest absolute Gasteiger partial charge is 0.339 e. The first-order chi connectivity index (χ1) is 9.54. The molecule has 0 spiro atoms. The fourth-order valence-electron chi connectivity index (χ4n) is 1.49. The number of nitrogens with zero attached hydrogens (tertiary/aromatic N) is 2. The Bertz CT molecular complexity index is 697. The van der Waals surface area contributed by atoms with E-state index < -0.39 is 16.0 Å². The number of ether oxygens (including phenoxy) is 1. The molecule has 0 fully saturated rings. The van der Waals surface area contributed by atoms with E-state index in [1.165, 1.54) is 25.3 Å². The molecular weight excluding hydrogens is 286 g/mol. The number of hydrogen-bond acceptors (Lipinski definition) is 7. The van der Waals surface area contributed by atoms with Crippen LogP contribution in [0.3, 0.4) is 0 Å². The Morgan fingerprint density at radius 1 is 1.40 bits per heavy atom. The van der Waals surface area contributed by atoms with Gasteiger partial charge in [-0.25, -0.2) is 17.9 Å². The predicted octanol–water partition coefficient (Wildman–Crippen LogP) is 0.335. The lowest BCUT2D eigenvalue weighted by Gasteiger charge is -2.08. The highest BCUT2D eigenvalue weighted by Crippen LogP contribution is 2.16. The summed E-state index contributed by atoms with van der Waals surface area (Å²) in [6, 6.07) is 5.74. The molecule has 0 unspecified atom stereocenters. The number of hydrogen-bond donors (Lipinski definition) is 1. The highest BCUT2D eigenvalue weighted by atomic mass is 32.2. The second kappa shape index (κ2) is 5.80. The van der Waals surface area contributed by atoms with E-state index in [9.17, 15) is 13.2 Å². The lowest BCUT2D eigenvalue weighted by Crippen LogP contribution is -2.25. The summed E-state index contributed by atoms with van der Waals surface area (Å²) in [6.45, 7) is -0.145. The molecule has 9 heteroatoms. The van der Waals surface area contributed by atoms with Crippen LogP contribution < -0.4 is 4.72 Å². The number of methoxy groups -OCH3 is 1. The van der Waals surface area contributed by atoms with Crippen molar-refractivity contribution in [1.29, 1.82) is 0 Å². The summed E-state index contributed by atoms with van der Waals surface area (Å²) >= 11 is 0. The van der Waals surface area contributed by atoms with Crippen LogP contribution in [0.5, 0.6) is 0 Å². The van der Waals surface area contributed by atoms with E-state index in [4.69, 9.17) is 0 Å². The zero-order valence-corrected chi connectivity index (χ0v) is 11.3. The summed E-state index contributed by atoms with van der Waals surface area (Å²) in [6.07, 6.45) is 1.09. The maximum absolute atomic E-state index is 12.2. The Hall–Kier alpha value is -2.26. The summed E-state index contributed by atoms with van der Waals surface area (Å²) in [7, 11) is -2.72. The molecule has 0 saturated carbocycles. The van der Waals surface area contributed by atoms with E-state index in [-0.39, 0.29) is 22.8 Å². The molecule has 20 heavy (non-hydrogen) atoms. The number of rotatable bonds is 5. The number of carbonyl (C=O) groups excluding carboxylic acids is 1. The zero-order valence-electron chi connectivity index (χ0n) is 10.4. The Balaban J connectivity index is 2.27. The van der Waals surface area contributed by atoms with Gasteiger partial charge in [-0.2, -0.15) is 4.98 Å². The van der Waals surface area contributed by atoms with Gasteiger partial charge in [-0.15, -0.1) is 0 Å². The number of sulfonamides is 1. The molecule has 2 rings (SSSR count). The van der Waals surface area contributed by atoms with Crippen LogP contribution in [-0.2, 0) is 21.3 Å². The Labute approximate surface area is 114 Å². The predicted molar refractivity (Wildman–Crippen MR) is 66.1 cm³/mol. The molecule has 0 aliphatic carbocycles. The van der Waals surface area contributed by atoms with Crippen molar-refractivity contribution in [1.82, 2.24) is 14.9 Å². The fourth-order valence-corrected chi connectivity index (χ4v) is 2.66. The molecule has 0 aliphatic rings. The molecule has 0 atom stereocenters. The van der Waals surface area contributed by atoms with Gasteiger partial charge in [0, 0.05) is 0 Å². The van der Waals surface area contributed by atoms with Crippen molar-refractivity contribution in [2.75, 3.05) is 7.11 Å². The third-order valence-electron chi connectivity index (χ3n) is 2.41. The van der Waals surface area contributed by atoms with Crippen LogP contribution in [0.15, 0.2) is 40.1 Å². The molecule has 0 saturated heterocycles. The van der Waals surface area contributed by atoms with Gasteiger partial charge >= 0.3 is 5.97 Å². The minimum Gasteiger partial charge on any atom is -0.465 e. The van der Waals surface area contributed by atoms with Crippen molar-refractivity contribution in [2.24, 2.45) is 0 Å². The number of nitrogens with one attached hydrogen (secondary N) is 1. The summed E-state index contributed by atoms with van der Waals surface area (Å²) < 4.78 is 35.6. The quantitative estimate of drug-likeness (QED) is 0.792. The molecule has 1 heterocycles. The molecule has 1 N–H and O–H groups in total. The Morgan fingerprint density at radius 3 is 2.80 bits per heavy atom. The summed E-state index contributed by atoms with van der Waals surface area (Å²) in [5, 5.41) is 3.48. The summed E-state index contributed by atoms with van der Waals surface area (Å²) in [4.78, 5) is 15.1. The number of esters is 1. The van der Waals surface area contributed by atoms with Gasteiger partial charge in [0.1, 0.15) is 0 Å². The summed E-state index contributed by atoms with van der Waals surface area (Å²) in [5.74, 6) is -0.547. The fraction of sp³-hybridized carbons (Fsp3) is 0.182.